The van der Waals surface area contributed by atoms with Gasteiger partial charge < -0.3 is 9.47 Å². The Bertz CT molecular complexity index is 659. The Balaban J connectivity index is 1.68. The van der Waals surface area contributed by atoms with Crippen LogP contribution in [0, 0.1) is 6.92 Å². The van der Waals surface area contributed by atoms with Crippen LogP contribution in [-0.4, -0.2) is 45.0 Å². The molecule has 118 valence electrons. The Labute approximate surface area is 135 Å². The summed E-state index contributed by atoms with van der Waals surface area (Å²) >= 11 is 1.71. The molecule has 22 heavy (non-hydrogen) atoms. The van der Waals surface area contributed by atoms with E-state index in [2.05, 4.69) is 41.6 Å². The van der Waals surface area contributed by atoms with Gasteiger partial charge in [0.2, 0.25) is 5.91 Å². The lowest BCUT2D eigenvalue weighted by atomic mass is 10.0. The summed E-state index contributed by atoms with van der Waals surface area (Å²) in [7, 11) is 0. The second kappa shape index (κ2) is 6.73. The lowest BCUT2D eigenvalue weighted by molar-refractivity contribution is -0.129. The molecule has 1 fully saturated rings. The lowest BCUT2D eigenvalue weighted by Gasteiger charge is -2.33. The van der Waals surface area contributed by atoms with Crippen molar-refractivity contribution in [1.82, 2.24) is 14.5 Å². The molecule has 0 aliphatic carbocycles. The molecule has 0 N–H and O–H groups in total. The van der Waals surface area contributed by atoms with Crippen LogP contribution in [0.1, 0.15) is 31.4 Å². The molecule has 1 aromatic carbocycles. The SMILES string of the molecule is CCSCC(=O)N1CCC(n2cnc3ccc(C)cc32)CC1. The van der Waals surface area contributed by atoms with E-state index in [4.69, 9.17) is 0 Å². The van der Waals surface area contributed by atoms with Crippen LogP contribution in [0.4, 0.5) is 0 Å². The Morgan fingerprint density at radius 3 is 2.86 bits per heavy atom. The van der Waals surface area contributed by atoms with Crippen LogP contribution >= 0.6 is 11.8 Å². The molecule has 3 rings (SSSR count). The summed E-state index contributed by atoms with van der Waals surface area (Å²) in [4.78, 5) is 18.6. The first-order valence-corrected chi connectivity index (χ1v) is 9.13. The van der Waals surface area contributed by atoms with Gasteiger partial charge in [-0.15, -0.1) is 0 Å². The topological polar surface area (TPSA) is 38.1 Å². The number of hydrogen-bond donors (Lipinski definition) is 0. The number of hydrogen-bond acceptors (Lipinski definition) is 3. The second-order valence-corrected chi connectivity index (χ2v) is 7.17. The number of nitrogens with zero attached hydrogens (tertiary/aromatic N) is 3. The van der Waals surface area contributed by atoms with Crippen LogP contribution in [0.3, 0.4) is 0 Å². The number of likely N-dealkylation sites (tertiary alicyclic amines) is 1. The number of amides is 1. The van der Waals surface area contributed by atoms with Gasteiger partial charge in [-0.1, -0.05) is 13.0 Å². The van der Waals surface area contributed by atoms with Crippen molar-refractivity contribution in [2.75, 3.05) is 24.6 Å². The number of carbonyl (C=O) groups excluding carboxylic acids is 1. The van der Waals surface area contributed by atoms with Gasteiger partial charge in [0.15, 0.2) is 0 Å². The molecule has 0 unspecified atom stereocenters. The molecule has 1 aromatic heterocycles. The molecule has 0 radical (unpaired) electrons. The van der Waals surface area contributed by atoms with Crippen molar-refractivity contribution in [2.24, 2.45) is 0 Å². The molecule has 0 saturated carbocycles. The molecule has 1 saturated heterocycles. The Morgan fingerprint density at radius 1 is 1.36 bits per heavy atom. The van der Waals surface area contributed by atoms with E-state index in [0.29, 0.717) is 11.8 Å². The number of aromatic nitrogens is 2. The zero-order chi connectivity index (χ0) is 15.5. The van der Waals surface area contributed by atoms with Gasteiger partial charge in [-0.3, -0.25) is 4.79 Å². The summed E-state index contributed by atoms with van der Waals surface area (Å²) in [5, 5.41) is 0. The number of piperidine rings is 1. The molecule has 0 atom stereocenters. The Kier molecular flexibility index (Phi) is 4.71. The third kappa shape index (κ3) is 3.14. The first kappa shape index (κ1) is 15.4. The normalized spacial score (nSPS) is 16.4. The summed E-state index contributed by atoms with van der Waals surface area (Å²) < 4.78 is 2.30. The minimum absolute atomic E-state index is 0.289. The number of aryl methyl sites for hydroxylation is 1. The van der Waals surface area contributed by atoms with Crippen molar-refractivity contribution < 1.29 is 4.79 Å². The van der Waals surface area contributed by atoms with Gasteiger partial charge in [-0.05, 0) is 43.2 Å². The van der Waals surface area contributed by atoms with Crippen LogP contribution < -0.4 is 0 Å². The van der Waals surface area contributed by atoms with E-state index in [9.17, 15) is 4.79 Å². The lowest BCUT2D eigenvalue weighted by Crippen LogP contribution is -2.39. The van der Waals surface area contributed by atoms with E-state index in [0.717, 1.165) is 37.2 Å². The Hall–Kier alpha value is -1.49. The van der Waals surface area contributed by atoms with Crippen LogP contribution in [0.25, 0.3) is 11.0 Å². The monoisotopic (exact) mass is 317 g/mol. The largest absolute Gasteiger partial charge is 0.342 e. The van der Waals surface area contributed by atoms with Crippen molar-refractivity contribution in [3.63, 3.8) is 0 Å². The molecule has 2 aromatic rings. The molecule has 5 heteroatoms. The van der Waals surface area contributed by atoms with Gasteiger partial charge >= 0.3 is 0 Å². The zero-order valence-corrected chi connectivity index (χ0v) is 14.1. The minimum atomic E-state index is 0.289. The Morgan fingerprint density at radius 2 is 2.14 bits per heavy atom. The first-order valence-electron chi connectivity index (χ1n) is 7.97. The van der Waals surface area contributed by atoms with Crippen molar-refractivity contribution in [2.45, 2.75) is 32.7 Å². The number of benzene rings is 1. The smallest absolute Gasteiger partial charge is 0.232 e. The van der Waals surface area contributed by atoms with Crippen LogP contribution in [0.15, 0.2) is 24.5 Å². The van der Waals surface area contributed by atoms with E-state index < -0.39 is 0 Å². The molecule has 1 aliphatic rings. The van der Waals surface area contributed by atoms with Crippen molar-refractivity contribution in [1.29, 1.82) is 0 Å². The standard InChI is InChI=1S/C17H23N3OS/c1-3-22-11-17(21)19-8-6-14(7-9-19)20-12-18-15-5-4-13(2)10-16(15)20/h4-5,10,12,14H,3,6-9,11H2,1-2H3. The number of rotatable bonds is 4. The predicted octanol–water partition coefficient (Wildman–Crippen LogP) is 3.26. The highest BCUT2D eigenvalue weighted by Gasteiger charge is 2.24. The highest BCUT2D eigenvalue weighted by atomic mass is 32.2. The number of fused-ring (bicyclic) bond motifs is 1. The molecular formula is C17H23N3OS. The maximum absolute atomic E-state index is 12.1. The van der Waals surface area contributed by atoms with Crippen LogP contribution in [0.2, 0.25) is 0 Å². The van der Waals surface area contributed by atoms with Gasteiger partial charge in [0.05, 0.1) is 23.1 Å². The maximum Gasteiger partial charge on any atom is 0.232 e. The minimum Gasteiger partial charge on any atom is -0.342 e. The molecule has 0 spiro atoms. The number of imidazole rings is 1. The summed E-state index contributed by atoms with van der Waals surface area (Å²) in [6, 6.07) is 6.85. The van der Waals surface area contributed by atoms with E-state index in [1.54, 1.807) is 11.8 Å². The first-order chi connectivity index (χ1) is 10.7. The van der Waals surface area contributed by atoms with Gasteiger partial charge in [0.1, 0.15) is 0 Å². The van der Waals surface area contributed by atoms with Crippen molar-refractivity contribution >= 4 is 28.7 Å². The maximum atomic E-state index is 12.1. The molecule has 4 nitrogen and oxygen atoms in total. The van der Waals surface area contributed by atoms with E-state index in [-0.39, 0.29) is 5.91 Å². The average molecular weight is 317 g/mol. The fraction of sp³-hybridized carbons (Fsp3) is 0.529. The molecule has 1 aliphatic heterocycles. The third-order valence-electron chi connectivity index (χ3n) is 4.37. The zero-order valence-electron chi connectivity index (χ0n) is 13.3. The summed E-state index contributed by atoms with van der Waals surface area (Å²) in [5.41, 5.74) is 3.54. The van der Waals surface area contributed by atoms with E-state index in [1.807, 2.05) is 11.2 Å². The van der Waals surface area contributed by atoms with Gasteiger partial charge in [-0.2, -0.15) is 11.8 Å². The van der Waals surface area contributed by atoms with Crippen molar-refractivity contribution in [3.05, 3.63) is 30.1 Å². The molecule has 2 heterocycles. The van der Waals surface area contributed by atoms with Crippen LogP contribution in [0.5, 0.6) is 0 Å². The summed E-state index contributed by atoms with van der Waals surface area (Å²) in [6.45, 7) is 5.93. The predicted molar refractivity (Wildman–Crippen MR) is 92.3 cm³/mol. The van der Waals surface area contributed by atoms with E-state index >= 15 is 0 Å². The van der Waals surface area contributed by atoms with Crippen LogP contribution in [-0.2, 0) is 4.79 Å². The number of carbonyl (C=O) groups is 1. The highest BCUT2D eigenvalue weighted by Crippen LogP contribution is 2.27. The fourth-order valence-electron chi connectivity index (χ4n) is 3.10. The molecule has 1 amide bonds. The average Bonchev–Trinajstić information content (AvgIpc) is 2.95. The van der Waals surface area contributed by atoms with Gasteiger partial charge in [-0.25, -0.2) is 4.98 Å². The highest BCUT2D eigenvalue weighted by molar-refractivity contribution is 7.99. The van der Waals surface area contributed by atoms with Gasteiger partial charge in [0, 0.05) is 19.1 Å². The fourth-order valence-corrected chi connectivity index (χ4v) is 3.66. The summed E-state index contributed by atoms with van der Waals surface area (Å²) in [5.74, 6) is 1.91. The van der Waals surface area contributed by atoms with E-state index in [1.165, 1.54) is 11.1 Å². The second-order valence-electron chi connectivity index (χ2n) is 5.89. The molecular weight excluding hydrogens is 294 g/mol. The van der Waals surface area contributed by atoms with Gasteiger partial charge in [0.25, 0.3) is 0 Å². The third-order valence-corrected chi connectivity index (χ3v) is 5.23. The molecule has 0 bridgehead atoms. The van der Waals surface area contributed by atoms with Crippen molar-refractivity contribution in [3.8, 4) is 0 Å². The summed E-state index contributed by atoms with van der Waals surface area (Å²) in [6.07, 6.45) is 3.99. The number of thioether (sulfide) groups is 1. The quantitative estimate of drug-likeness (QED) is 0.869.